The second-order valence-corrected chi connectivity index (χ2v) is 7.33. The van der Waals surface area contributed by atoms with Gasteiger partial charge in [0.1, 0.15) is 0 Å². The molecule has 0 spiro atoms. The summed E-state index contributed by atoms with van der Waals surface area (Å²) in [6, 6.07) is 0. The van der Waals surface area contributed by atoms with Gasteiger partial charge in [0, 0.05) is 28.4 Å². The Morgan fingerprint density at radius 3 is 2.75 bits per heavy atom. The zero-order valence-electron chi connectivity index (χ0n) is 11.7. The molecule has 0 radical (unpaired) electrons. The molecular weight excluding hydrogens is 294 g/mol. The van der Waals surface area contributed by atoms with E-state index in [2.05, 4.69) is 35.3 Å². The van der Waals surface area contributed by atoms with Crippen LogP contribution in [0, 0.1) is 0 Å². The Balaban J connectivity index is 2.32. The van der Waals surface area contributed by atoms with E-state index in [1.54, 1.807) is 16.8 Å². The lowest BCUT2D eigenvalue weighted by Gasteiger charge is -2.21. The number of thioether (sulfide) groups is 1. The van der Waals surface area contributed by atoms with Crippen LogP contribution in [0.3, 0.4) is 0 Å². The second-order valence-electron chi connectivity index (χ2n) is 5.41. The van der Waals surface area contributed by atoms with Crippen LogP contribution >= 0.6 is 23.1 Å². The molecule has 0 fully saturated rings. The number of nitrogens with zero attached hydrogens (tertiary/aromatic N) is 3. The minimum Gasteiger partial charge on any atom is -0.481 e. The predicted octanol–water partition coefficient (Wildman–Crippen LogP) is 2.86. The summed E-state index contributed by atoms with van der Waals surface area (Å²) in [4.78, 5) is 20.3. The summed E-state index contributed by atoms with van der Waals surface area (Å²) in [7, 11) is 0. The molecule has 2 aromatic heterocycles. The molecule has 0 aliphatic carbocycles. The van der Waals surface area contributed by atoms with Gasteiger partial charge in [0.25, 0.3) is 0 Å². The molecule has 2 rings (SSSR count). The van der Waals surface area contributed by atoms with Crippen molar-refractivity contribution in [2.24, 2.45) is 0 Å². The molecule has 0 bridgehead atoms. The zero-order valence-corrected chi connectivity index (χ0v) is 13.3. The van der Waals surface area contributed by atoms with Crippen molar-refractivity contribution in [3.05, 3.63) is 28.5 Å². The van der Waals surface area contributed by atoms with Crippen molar-refractivity contribution in [3.63, 3.8) is 0 Å². The SMILES string of the molecule is CC(C)(C)c1cnc(SCC(=O)O)n1Cc1cncs1. The van der Waals surface area contributed by atoms with Gasteiger partial charge in [-0.2, -0.15) is 0 Å². The number of carbonyl (C=O) groups is 1. The fraction of sp³-hybridized carbons (Fsp3) is 0.462. The number of hydrogen-bond acceptors (Lipinski definition) is 5. The van der Waals surface area contributed by atoms with E-state index in [1.165, 1.54) is 11.8 Å². The quantitative estimate of drug-likeness (QED) is 0.860. The summed E-state index contributed by atoms with van der Waals surface area (Å²) >= 11 is 2.84. The molecule has 108 valence electrons. The zero-order chi connectivity index (χ0) is 14.8. The Labute approximate surface area is 126 Å². The molecule has 0 amide bonds. The number of aromatic nitrogens is 3. The van der Waals surface area contributed by atoms with E-state index in [-0.39, 0.29) is 11.2 Å². The second kappa shape index (κ2) is 5.97. The number of aliphatic carboxylic acids is 1. The largest absolute Gasteiger partial charge is 0.481 e. The van der Waals surface area contributed by atoms with Crippen molar-refractivity contribution in [1.82, 2.24) is 14.5 Å². The summed E-state index contributed by atoms with van der Waals surface area (Å²) in [5.74, 6) is -0.817. The number of imidazole rings is 1. The van der Waals surface area contributed by atoms with Crippen LogP contribution in [0.25, 0.3) is 0 Å². The van der Waals surface area contributed by atoms with Gasteiger partial charge >= 0.3 is 5.97 Å². The summed E-state index contributed by atoms with van der Waals surface area (Å²) in [5.41, 5.74) is 2.85. The van der Waals surface area contributed by atoms with Gasteiger partial charge in [0.15, 0.2) is 5.16 Å². The number of carboxylic acid groups (broad SMARTS) is 1. The molecule has 1 N–H and O–H groups in total. The average molecular weight is 311 g/mol. The smallest absolute Gasteiger partial charge is 0.313 e. The highest BCUT2D eigenvalue weighted by Gasteiger charge is 2.22. The molecule has 2 aromatic rings. The van der Waals surface area contributed by atoms with E-state index in [4.69, 9.17) is 5.11 Å². The summed E-state index contributed by atoms with van der Waals surface area (Å²) in [6.07, 6.45) is 3.67. The van der Waals surface area contributed by atoms with Gasteiger partial charge in [-0.15, -0.1) is 11.3 Å². The third-order valence-electron chi connectivity index (χ3n) is 2.71. The van der Waals surface area contributed by atoms with Crippen molar-refractivity contribution >= 4 is 29.1 Å². The average Bonchev–Trinajstić information content (AvgIpc) is 2.95. The van der Waals surface area contributed by atoms with Gasteiger partial charge in [-0.25, -0.2) is 4.98 Å². The minimum atomic E-state index is -0.834. The maximum Gasteiger partial charge on any atom is 0.313 e. The third kappa shape index (κ3) is 3.61. The molecule has 0 saturated carbocycles. The van der Waals surface area contributed by atoms with Crippen molar-refractivity contribution in [2.45, 2.75) is 37.9 Å². The van der Waals surface area contributed by atoms with Crippen LogP contribution in [0.4, 0.5) is 0 Å². The molecule has 0 aliphatic rings. The first kappa shape index (κ1) is 15.1. The van der Waals surface area contributed by atoms with E-state index in [0.29, 0.717) is 6.54 Å². The molecular formula is C13H17N3O2S2. The van der Waals surface area contributed by atoms with Gasteiger partial charge < -0.3 is 9.67 Å². The summed E-state index contributed by atoms with van der Waals surface area (Å²) in [6.45, 7) is 7.05. The Morgan fingerprint density at radius 1 is 1.45 bits per heavy atom. The number of carboxylic acids is 1. The number of rotatable bonds is 5. The molecule has 0 saturated heterocycles. The van der Waals surface area contributed by atoms with Gasteiger partial charge in [0.05, 0.1) is 17.8 Å². The molecule has 0 unspecified atom stereocenters. The highest BCUT2D eigenvalue weighted by Crippen LogP contribution is 2.28. The van der Waals surface area contributed by atoms with Gasteiger partial charge in [-0.1, -0.05) is 32.5 Å². The van der Waals surface area contributed by atoms with Crippen molar-refractivity contribution in [3.8, 4) is 0 Å². The lowest BCUT2D eigenvalue weighted by Crippen LogP contribution is -2.18. The first-order valence-electron chi connectivity index (χ1n) is 6.16. The molecule has 20 heavy (non-hydrogen) atoms. The van der Waals surface area contributed by atoms with Crippen LogP contribution in [0.5, 0.6) is 0 Å². The highest BCUT2D eigenvalue weighted by atomic mass is 32.2. The first-order chi connectivity index (χ1) is 9.38. The van der Waals surface area contributed by atoms with Crippen LogP contribution < -0.4 is 0 Å². The van der Waals surface area contributed by atoms with Crippen LogP contribution in [0.2, 0.25) is 0 Å². The number of thiazole rings is 1. The van der Waals surface area contributed by atoms with Crippen molar-refractivity contribution < 1.29 is 9.90 Å². The van der Waals surface area contributed by atoms with Crippen molar-refractivity contribution in [1.29, 1.82) is 0 Å². The molecule has 2 heterocycles. The maximum atomic E-state index is 10.7. The third-order valence-corrected chi connectivity index (χ3v) is 4.45. The molecule has 7 heteroatoms. The highest BCUT2D eigenvalue weighted by molar-refractivity contribution is 7.99. The van der Waals surface area contributed by atoms with Gasteiger partial charge in [-0.05, 0) is 0 Å². The van der Waals surface area contributed by atoms with Crippen LogP contribution in [0.1, 0.15) is 31.3 Å². The van der Waals surface area contributed by atoms with Crippen LogP contribution in [-0.4, -0.2) is 31.4 Å². The van der Waals surface area contributed by atoms with E-state index in [1.807, 2.05) is 12.4 Å². The van der Waals surface area contributed by atoms with Gasteiger partial charge in [0.2, 0.25) is 0 Å². The van der Waals surface area contributed by atoms with E-state index < -0.39 is 5.97 Å². The molecule has 0 atom stereocenters. The summed E-state index contributed by atoms with van der Waals surface area (Å²) in [5, 5.41) is 9.56. The Hall–Kier alpha value is -1.34. The van der Waals surface area contributed by atoms with E-state index in [0.717, 1.165) is 15.7 Å². The molecule has 0 aliphatic heterocycles. The monoisotopic (exact) mass is 311 g/mol. The van der Waals surface area contributed by atoms with Crippen molar-refractivity contribution in [2.75, 3.05) is 5.75 Å². The Bertz CT molecular complexity index is 585. The molecule has 0 aromatic carbocycles. The maximum absolute atomic E-state index is 10.7. The topological polar surface area (TPSA) is 68.0 Å². The molecule has 5 nitrogen and oxygen atoms in total. The van der Waals surface area contributed by atoms with Gasteiger partial charge in [-0.3, -0.25) is 9.78 Å². The Kier molecular flexibility index (Phi) is 4.49. The van der Waals surface area contributed by atoms with Crippen LogP contribution in [0.15, 0.2) is 23.1 Å². The van der Waals surface area contributed by atoms with E-state index >= 15 is 0 Å². The Morgan fingerprint density at radius 2 is 2.20 bits per heavy atom. The minimum absolute atomic E-state index is 0.0171. The van der Waals surface area contributed by atoms with E-state index in [9.17, 15) is 4.79 Å². The number of hydrogen-bond donors (Lipinski definition) is 1. The lowest BCUT2D eigenvalue weighted by atomic mass is 9.92. The lowest BCUT2D eigenvalue weighted by molar-refractivity contribution is -0.133. The summed E-state index contributed by atoms with van der Waals surface area (Å²) < 4.78 is 2.08. The predicted molar refractivity (Wildman–Crippen MR) is 80.5 cm³/mol. The van der Waals surface area contributed by atoms with Crippen LogP contribution in [-0.2, 0) is 16.8 Å². The normalized spacial score (nSPS) is 11.8. The first-order valence-corrected chi connectivity index (χ1v) is 8.02. The fourth-order valence-corrected chi connectivity index (χ4v) is 3.11. The standard InChI is InChI=1S/C13H17N3O2S2/c1-13(2,3)10-5-15-12(19-7-11(17)18)16(10)6-9-4-14-8-20-9/h4-5,8H,6-7H2,1-3H3,(H,17,18). The fourth-order valence-electron chi connectivity index (χ4n) is 1.83.